The van der Waals surface area contributed by atoms with Gasteiger partial charge in [0.25, 0.3) is 0 Å². The van der Waals surface area contributed by atoms with Crippen molar-refractivity contribution in [2.24, 2.45) is 0 Å². The van der Waals surface area contributed by atoms with Crippen LogP contribution < -0.4 is 0 Å². The largest absolute Gasteiger partial charge is 0.389 e. The number of nitrogens with zero attached hydrogens (tertiary/aromatic N) is 1. The van der Waals surface area contributed by atoms with E-state index in [1.165, 1.54) is 37.0 Å². The Morgan fingerprint density at radius 1 is 1.00 bits per heavy atom. The quantitative estimate of drug-likeness (QED) is 0.340. The van der Waals surface area contributed by atoms with Gasteiger partial charge in [0, 0.05) is 13.2 Å². The minimum absolute atomic E-state index is 0.226. The van der Waals surface area contributed by atoms with E-state index in [2.05, 4.69) is 6.92 Å². The molecule has 0 aliphatic carbocycles. The second-order valence-corrected chi connectivity index (χ2v) is 4.63. The summed E-state index contributed by atoms with van der Waals surface area (Å²) in [6.45, 7) is 2.83. The van der Waals surface area contributed by atoms with Gasteiger partial charge in [-0.25, -0.2) is 0 Å². The highest BCUT2D eigenvalue weighted by Gasteiger charge is 2.09. The maximum atomic E-state index is 9.57. The SMILES string of the molecule is CCCCCCCCOCC(O)CN(CO)CO. The fourth-order valence-electron chi connectivity index (χ4n) is 1.71. The van der Waals surface area contributed by atoms with Crippen molar-refractivity contribution in [3.63, 3.8) is 0 Å². The minimum Gasteiger partial charge on any atom is -0.389 e. The maximum absolute atomic E-state index is 9.57. The lowest BCUT2D eigenvalue weighted by atomic mass is 10.1. The highest BCUT2D eigenvalue weighted by molar-refractivity contribution is 4.58. The van der Waals surface area contributed by atoms with E-state index < -0.39 is 6.10 Å². The van der Waals surface area contributed by atoms with Gasteiger partial charge in [-0.3, -0.25) is 4.90 Å². The predicted octanol–water partition coefficient (Wildman–Crippen LogP) is 0.926. The van der Waals surface area contributed by atoms with Crippen LogP contribution in [-0.4, -0.2) is 59.5 Å². The Morgan fingerprint density at radius 2 is 1.61 bits per heavy atom. The smallest absolute Gasteiger partial charge is 0.0975 e. The molecule has 18 heavy (non-hydrogen) atoms. The molecule has 0 aliphatic rings. The summed E-state index contributed by atoms with van der Waals surface area (Å²) in [7, 11) is 0. The number of rotatable bonds is 13. The van der Waals surface area contributed by atoms with Crippen LogP contribution >= 0.6 is 0 Å². The molecule has 0 rings (SSSR count). The summed E-state index contributed by atoms with van der Waals surface area (Å²) in [6, 6.07) is 0. The van der Waals surface area contributed by atoms with Crippen molar-refractivity contribution in [2.75, 3.05) is 33.2 Å². The molecule has 0 spiro atoms. The van der Waals surface area contributed by atoms with Gasteiger partial charge in [-0.1, -0.05) is 39.0 Å². The molecular formula is C13H29NO4. The Hall–Kier alpha value is -0.200. The van der Waals surface area contributed by atoms with Gasteiger partial charge in [0.1, 0.15) is 0 Å². The first-order valence-corrected chi connectivity index (χ1v) is 6.94. The average Bonchev–Trinajstić information content (AvgIpc) is 2.39. The van der Waals surface area contributed by atoms with Gasteiger partial charge < -0.3 is 20.1 Å². The Kier molecular flexibility index (Phi) is 13.1. The number of hydrogen-bond donors (Lipinski definition) is 3. The highest BCUT2D eigenvalue weighted by atomic mass is 16.5. The standard InChI is InChI=1S/C13H29NO4/c1-2-3-4-5-6-7-8-18-10-13(17)9-14(11-15)12-16/h13,15-17H,2-12H2,1H3. The van der Waals surface area contributed by atoms with Gasteiger partial charge in [0.2, 0.25) is 0 Å². The van der Waals surface area contributed by atoms with Crippen molar-refractivity contribution in [3.8, 4) is 0 Å². The number of aliphatic hydroxyl groups excluding tert-OH is 3. The van der Waals surface area contributed by atoms with E-state index in [4.69, 9.17) is 14.9 Å². The van der Waals surface area contributed by atoms with Crippen molar-refractivity contribution < 1.29 is 20.1 Å². The fraction of sp³-hybridized carbons (Fsp3) is 1.00. The molecule has 0 aromatic carbocycles. The Morgan fingerprint density at radius 3 is 2.22 bits per heavy atom. The molecule has 0 saturated heterocycles. The molecule has 5 nitrogen and oxygen atoms in total. The number of unbranched alkanes of at least 4 members (excludes halogenated alkanes) is 5. The number of aliphatic hydroxyl groups is 3. The molecule has 0 fully saturated rings. The molecular weight excluding hydrogens is 234 g/mol. The van der Waals surface area contributed by atoms with Crippen molar-refractivity contribution in [3.05, 3.63) is 0 Å². The molecule has 0 saturated carbocycles. The average molecular weight is 263 g/mol. The van der Waals surface area contributed by atoms with Gasteiger partial charge in [-0.15, -0.1) is 0 Å². The van der Waals surface area contributed by atoms with Crippen LogP contribution in [0, 0.1) is 0 Å². The lowest BCUT2D eigenvalue weighted by Gasteiger charge is -2.20. The Labute approximate surface area is 110 Å². The van der Waals surface area contributed by atoms with Crippen molar-refractivity contribution in [1.29, 1.82) is 0 Å². The molecule has 3 N–H and O–H groups in total. The van der Waals surface area contributed by atoms with Crippen LogP contribution in [-0.2, 0) is 4.74 Å². The summed E-state index contributed by atoms with van der Waals surface area (Å²) in [5.74, 6) is 0. The third-order valence-corrected chi connectivity index (χ3v) is 2.82. The third-order valence-electron chi connectivity index (χ3n) is 2.82. The molecule has 5 heteroatoms. The first-order chi connectivity index (χ1) is 8.74. The van der Waals surface area contributed by atoms with Crippen molar-refractivity contribution in [2.45, 2.75) is 51.6 Å². The van der Waals surface area contributed by atoms with Crippen LogP contribution in [0.3, 0.4) is 0 Å². The lowest BCUT2D eigenvalue weighted by molar-refractivity contribution is -0.0304. The van der Waals surface area contributed by atoms with Crippen LogP contribution in [0.5, 0.6) is 0 Å². The molecule has 0 bridgehead atoms. The summed E-state index contributed by atoms with van der Waals surface area (Å²) in [5, 5.41) is 27.2. The zero-order chi connectivity index (χ0) is 13.6. The number of ether oxygens (including phenoxy) is 1. The van der Waals surface area contributed by atoms with Crippen molar-refractivity contribution >= 4 is 0 Å². The molecule has 1 atom stereocenters. The van der Waals surface area contributed by atoms with E-state index in [1.54, 1.807) is 0 Å². The zero-order valence-corrected chi connectivity index (χ0v) is 11.6. The summed E-state index contributed by atoms with van der Waals surface area (Å²) in [5.41, 5.74) is 0. The van der Waals surface area contributed by atoms with E-state index in [0.717, 1.165) is 6.42 Å². The molecule has 0 amide bonds. The van der Waals surface area contributed by atoms with E-state index in [0.29, 0.717) is 6.61 Å². The molecule has 0 aromatic heterocycles. The van der Waals surface area contributed by atoms with Gasteiger partial charge in [0.15, 0.2) is 0 Å². The van der Waals surface area contributed by atoms with Crippen LogP contribution in [0.25, 0.3) is 0 Å². The highest BCUT2D eigenvalue weighted by Crippen LogP contribution is 2.05. The Balaban J connectivity index is 3.27. The van der Waals surface area contributed by atoms with E-state index in [9.17, 15) is 5.11 Å². The van der Waals surface area contributed by atoms with E-state index in [-0.39, 0.29) is 26.6 Å². The van der Waals surface area contributed by atoms with Crippen LogP contribution in [0.4, 0.5) is 0 Å². The van der Waals surface area contributed by atoms with E-state index in [1.807, 2.05) is 0 Å². The topological polar surface area (TPSA) is 73.2 Å². The molecule has 1 unspecified atom stereocenters. The first kappa shape index (κ1) is 17.8. The summed E-state index contributed by atoms with van der Waals surface area (Å²) in [6.07, 6.45) is 6.65. The number of hydrogen-bond acceptors (Lipinski definition) is 5. The second-order valence-electron chi connectivity index (χ2n) is 4.63. The summed E-state index contributed by atoms with van der Waals surface area (Å²) in [4.78, 5) is 1.33. The fourth-order valence-corrected chi connectivity index (χ4v) is 1.71. The second kappa shape index (κ2) is 13.2. The van der Waals surface area contributed by atoms with Gasteiger partial charge in [-0.05, 0) is 6.42 Å². The predicted molar refractivity (Wildman–Crippen MR) is 71.1 cm³/mol. The monoisotopic (exact) mass is 263 g/mol. The summed E-state index contributed by atoms with van der Waals surface area (Å²) < 4.78 is 5.35. The van der Waals surface area contributed by atoms with E-state index >= 15 is 0 Å². The van der Waals surface area contributed by atoms with Crippen LogP contribution in [0.2, 0.25) is 0 Å². The minimum atomic E-state index is -0.663. The van der Waals surface area contributed by atoms with Gasteiger partial charge in [0.05, 0.1) is 26.2 Å². The third kappa shape index (κ3) is 10.9. The Bertz CT molecular complexity index is 165. The molecule has 0 radical (unpaired) electrons. The normalized spacial score (nSPS) is 13.2. The molecule has 0 heterocycles. The van der Waals surface area contributed by atoms with Crippen molar-refractivity contribution in [1.82, 2.24) is 4.90 Å². The van der Waals surface area contributed by atoms with Crippen LogP contribution in [0.15, 0.2) is 0 Å². The first-order valence-electron chi connectivity index (χ1n) is 6.94. The zero-order valence-electron chi connectivity index (χ0n) is 11.6. The molecule has 0 aromatic rings. The van der Waals surface area contributed by atoms with Gasteiger partial charge >= 0.3 is 0 Å². The summed E-state index contributed by atoms with van der Waals surface area (Å²) >= 11 is 0. The molecule has 110 valence electrons. The maximum Gasteiger partial charge on any atom is 0.0975 e. The molecule has 0 aliphatic heterocycles. The lowest BCUT2D eigenvalue weighted by Crippen LogP contribution is -2.36. The van der Waals surface area contributed by atoms with Crippen LogP contribution in [0.1, 0.15) is 45.4 Å². The van der Waals surface area contributed by atoms with Gasteiger partial charge in [-0.2, -0.15) is 0 Å².